The normalized spacial score (nSPS) is 21.4. The lowest BCUT2D eigenvalue weighted by atomic mass is 10.1. The molecule has 4 heteroatoms. The van der Waals surface area contributed by atoms with Crippen molar-refractivity contribution in [1.82, 2.24) is 5.32 Å². The van der Waals surface area contributed by atoms with Crippen LogP contribution < -0.4 is 5.32 Å². The van der Waals surface area contributed by atoms with Crippen molar-refractivity contribution in [2.75, 3.05) is 6.54 Å². The summed E-state index contributed by atoms with van der Waals surface area (Å²) in [5.74, 6) is -0.745. The van der Waals surface area contributed by atoms with Crippen molar-refractivity contribution in [1.29, 1.82) is 0 Å². The predicted octanol–water partition coefficient (Wildman–Crippen LogP) is 2.61. The largest absolute Gasteiger partial charge is 0.506 e. The van der Waals surface area contributed by atoms with Gasteiger partial charge >= 0.3 is 0 Å². The lowest BCUT2D eigenvalue weighted by Crippen LogP contribution is -2.12. The summed E-state index contributed by atoms with van der Waals surface area (Å²) in [5.41, 5.74) is 0.766. The van der Waals surface area contributed by atoms with Crippen LogP contribution in [0.3, 0.4) is 0 Å². The number of nitrogens with one attached hydrogen (secondary N) is 1. The zero-order valence-electron chi connectivity index (χ0n) is 7.56. The third-order valence-electron chi connectivity index (χ3n) is 2.49. The standard InChI is InChI=1S/C10H11ClFNO/c11-10-7(12)4-6(5-9(10)14)8-2-1-3-13-8/h4-5,8,13-14H,1-3H2. The Morgan fingerprint density at radius 1 is 1.50 bits per heavy atom. The van der Waals surface area contributed by atoms with Gasteiger partial charge in [-0.25, -0.2) is 4.39 Å². The van der Waals surface area contributed by atoms with Gasteiger partial charge in [-0.05, 0) is 37.1 Å². The Hall–Kier alpha value is -0.800. The fourth-order valence-electron chi connectivity index (χ4n) is 1.77. The molecule has 0 amide bonds. The van der Waals surface area contributed by atoms with Gasteiger partial charge in [0, 0.05) is 6.04 Å². The molecule has 1 aromatic carbocycles. The van der Waals surface area contributed by atoms with Crippen LogP contribution in [0.25, 0.3) is 0 Å². The van der Waals surface area contributed by atoms with Crippen molar-refractivity contribution in [3.05, 3.63) is 28.5 Å². The fraction of sp³-hybridized carbons (Fsp3) is 0.400. The van der Waals surface area contributed by atoms with Crippen LogP contribution in [-0.4, -0.2) is 11.7 Å². The highest BCUT2D eigenvalue weighted by atomic mass is 35.5. The molecule has 0 aromatic heterocycles. The van der Waals surface area contributed by atoms with Crippen LogP contribution in [0.15, 0.2) is 12.1 Å². The van der Waals surface area contributed by atoms with Crippen molar-refractivity contribution in [3.8, 4) is 5.75 Å². The van der Waals surface area contributed by atoms with Crippen LogP contribution >= 0.6 is 11.6 Å². The molecule has 1 aromatic rings. The second-order valence-electron chi connectivity index (χ2n) is 3.48. The van der Waals surface area contributed by atoms with Crippen LogP contribution in [0, 0.1) is 5.82 Å². The molecule has 0 saturated carbocycles. The number of hydrogen-bond acceptors (Lipinski definition) is 2. The van der Waals surface area contributed by atoms with Gasteiger partial charge in [0.15, 0.2) is 0 Å². The van der Waals surface area contributed by atoms with Gasteiger partial charge in [-0.1, -0.05) is 11.6 Å². The predicted molar refractivity (Wildman–Crippen MR) is 53.1 cm³/mol. The Morgan fingerprint density at radius 2 is 2.29 bits per heavy atom. The maximum atomic E-state index is 13.2. The summed E-state index contributed by atoms with van der Waals surface area (Å²) in [7, 11) is 0. The van der Waals surface area contributed by atoms with Crippen LogP contribution in [0.5, 0.6) is 5.75 Å². The molecule has 1 unspecified atom stereocenters. The van der Waals surface area contributed by atoms with Gasteiger partial charge in [0.05, 0.1) is 0 Å². The summed E-state index contributed by atoms with van der Waals surface area (Å²) in [6, 6.07) is 3.05. The van der Waals surface area contributed by atoms with E-state index in [2.05, 4.69) is 5.32 Å². The molecule has 76 valence electrons. The minimum atomic E-state index is -0.560. The number of phenolic OH excluding ortho intramolecular Hbond substituents is 1. The lowest BCUT2D eigenvalue weighted by molar-refractivity contribution is 0.466. The number of benzene rings is 1. The average Bonchev–Trinajstić information content (AvgIpc) is 2.66. The summed E-state index contributed by atoms with van der Waals surface area (Å²) in [6.07, 6.45) is 2.05. The van der Waals surface area contributed by atoms with Crippen molar-refractivity contribution >= 4 is 11.6 Å². The Morgan fingerprint density at radius 3 is 2.86 bits per heavy atom. The molecule has 2 N–H and O–H groups in total. The maximum Gasteiger partial charge on any atom is 0.145 e. The van der Waals surface area contributed by atoms with Gasteiger partial charge in [0.25, 0.3) is 0 Å². The van der Waals surface area contributed by atoms with Crippen LogP contribution in [-0.2, 0) is 0 Å². The molecule has 1 saturated heterocycles. The number of halogens is 2. The Kier molecular flexibility index (Phi) is 2.61. The highest BCUT2D eigenvalue weighted by molar-refractivity contribution is 6.32. The average molecular weight is 216 g/mol. The monoisotopic (exact) mass is 215 g/mol. The smallest absolute Gasteiger partial charge is 0.145 e. The van der Waals surface area contributed by atoms with E-state index in [9.17, 15) is 9.50 Å². The van der Waals surface area contributed by atoms with E-state index < -0.39 is 5.82 Å². The summed E-state index contributed by atoms with van der Waals surface area (Å²) in [6.45, 7) is 0.940. The lowest BCUT2D eigenvalue weighted by Gasteiger charge is -2.11. The molecule has 0 spiro atoms. The van der Waals surface area contributed by atoms with E-state index in [1.54, 1.807) is 0 Å². The molecule has 1 atom stereocenters. The van der Waals surface area contributed by atoms with Crippen LogP contribution in [0.4, 0.5) is 4.39 Å². The molecule has 0 radical (unpaired) electrons. The molecule has 2 rings (SSSR count). The highest BCUT2D eigenvalue weighted by Crippen LogP contribution is 2.32. The number of aromatic hydroxyl groups is 1. The Bertz CT molecular complexity index is 327. The first-order valence-electron chi connectivity index (χ1n) is 4.60. The second kappa shape index (κ2) is 3.75. The van der Waals surface area contributed by atoms with E-state index in [0.29, 0.717) is 0 Å². The van der Waals surface area contributed by atoms with E-state index in [-0.39, 0.29) is 16.8 Å². The second-order valence-corrected chi connectivity index (χ2v) is 3.86. The number of phenols is 1. The van der Waals surface area contributed by atoms with Crippen molar-refractivity contribution in [2.45, 2.75) is 18.9 Å². The first-order chi connectivity index (χ1) is 6.68. The molecule has 0 bridgehead atoms. The molecule has 1 fully saturated rings. The maximum absolute atomic E-state index is 13.2. The van der Waals surface area contributed by atoms with Crippen molar-refractivity contribution in [2.24, 2.45) is 0 Å². The van der Waals surface area contributed by atoms with Crippen LogP contribution in [0.1, 0.15) is 24.4 Å². The number of rotatable bonds is 1. The highest BCUT2D eigenvalue weighted by Gasteiger charge is 2.18. The third kappa shape index (κ3) is 1.70. The Labute approximate surface area is 86.7 Å². The summed E-state index contributed by atoms with van der Waals surface area (Å²) in [4.78, 5) is 0. The van der Waals surface area contributed by atoms with Crippen molar-refractivity contribution < 1.29 is 9.50 Å². The Balaban J connectivity index is 2.34. The van der Waals surface area contributed by atoms with Gasteiger partial charge in [-0.3, -0.25) is 0 Å². The van der Waals surface area contributed by atoms with Crippen LogP contribution in [0.2, 0.25) is 5.02 Å². The van der Waals surface area contributed by atoms with Gasteiger partial charge in [-0.15, -0.1) is 0 Å². The summed E-state index contributed by atoms with van der Waals surface area (Å²) < 4.78 is 13.2. The topological polar surface area (TPSA) is 32.3 Å². The van der Waals surface area contributed by atoms with E-state index >= 15 is 0 Å². The van der Waals surface area contributed by atoms with Gasteiger partial charge < -0.3 is 10.4 Å². The van der Waals surface area contributed by atoms with E-state index in [4.69, 9.17) is 11.6 Å². The molecular weight excluding hydrogens is 205 g/mol. The molecule has 1 aliphatic heterocycles. The molecular formula is C10H11ClFNO. The zero-order valence-corrected chi connectivity index (χ0v) is 8.31. The minimum Gasteiger partial charge on any atom is -0.506 e. The zero-order chi connectivity index (χ0) is 10.1. The van der Waals surface area contributed by atoms with Crippen molar-refractivity contribution in [3.63, 3.8) is 0 Å². The van der Waals surface area contributed by atoms with Gasteiger partial charge in [-0.2, -0.15) is 0 Å². The fourth-order valence-corrected chi connectivity index (χ4v) is 1.87. The quantitative estimate of drug-likeness (QED) is 0.755. The SMILES string of the molecule is Oc1cc(C2CCCN2)cc(F)c1Cl. The molecule has 1 heterocycles. The molecule has 0 aliphatic carbocycles. The third-order valence-corrected chi connectivity index (χ3v) is 2.87. The van der Waals surface area contributed by atoms with Gasteiger partial charge in [0.1, 0.15) is 16.6 Å². The first kappa shape index (κ1) is 9.74. The minimum absolute atomic E-state index is 0.146. The van der Waals surface area contributed by atoms with E-state index in [0.717, 1.165) is 24.9 Å². The summed E-state index contributed by atoms with van der Waals surface area (Å²) in [5, 5.41) is 12.4. The number of hydrogen-bond donors (Lipinski definition) is 2. The molecule has 2 nitrogen and oxygen atoms in total. The van der Waals surface area contributed by atoms with E-state index in [1.165, 1.54) is 12.1 Å². The van der Waals surface area contributed by atoms with E-state index in [1.807, 2.05) is 0 Å². The first-order valence-corrected chi connectivity index (χ1v) is 4.97. The molecule has 1 aliphatic rings. The van der Waals surface area contributed by atoms with Gasteiger partial charge in [0.2, 0.25) is 0 Å². The summed E-state index contributed by atoms with van der Waals surface area (Å²) >= 11 is 5.51. The molecule has 14 heavy (non-hydrogen) atoms.